The number of aryl methyl sites for hydroxylation is 1. The van der Waals surface area contributed by atoms with Crippen LogP contribution in [0.5, 0.6) is 0 Å². The molecule has 0 aromatic heterocycles. The van der Waals surface area contributed by atoms with Crippen molar-refractivity contribution in [3.63, 3.8) is 0 Å². The van der Waals surface area contributed by atoms with Gasteiger partial charge >= 0.3 is 11.9 Å². The van der Waals surface area contributed by atoms with Crippen molar-refractivity contribution in [3.8, 4) is 0 Å². The van der Waals surface area contributed by atoms with Gasteiger partial charge in [0.25, 0.3) is 0 Å². The van der Waals surface area contributed by atoms with Gasteiger partial charge in [-0.25, -0.2) is 9.59 Å². The van der Waals surface area contributed by atoms with E-state index in [1.165, 1.54) is 61.0 Å². The molecule has 0 radical (unpaired) electrons. The van der Waals surface area contributed by atoms with Gasteiger partial charge in [-0.1, -0.05) is 78.3 Å². The maximum Gasteiger partial charge on any atom is 0.328 e. The Morgan fingerprint density at radius 1 is 0.860 bits per heavy atom. The second-order valence-corrected chi connectivity index (χ2v) is 11.5. The number of hydrogen-bond acceptors (Lipinski definition) is 4. The third kappa shape index (κ3) is 6.11. The number of rotatable bonds is 5. The fraction of sp³-hybridized carbons (Fsp3) is 0.194. The van der Waals surface area contributed by atoms with Gasteiger partial charge in [-0.15, -0.1) is 0 Å². The summed E-state index contributed by atoms with van der Waals surface area (Å²) in [5.74, 6) is -1.98. The maximum absolute atomic E-state index is 9.55. The van der Waals surface area contributed by atoms with E-state index in [9.17, 15) is 9.59 Å². The minimum atomic E-state index is -1.26. The molecule has 5 aromatic rings. The van der Waals surface area contributed by atoms with Crippen LogP contribution in [0.2, 0.25) is 5.02 Å². The topological polar surface area (TPSA) is 99.0 Å². The lowest BCUT2D eigenvalue weighted by Gasteiger charge is -2.29. The zero-order chi connectivity index (χ0) is 29.9. The largest absolute Gasteiger partial charge is 0.478 e. The van der Waals surface area contributed by atoms with Crippen molar-refractivity contribution in [2.75, 3.05) is 6.54 Å². The smallest absolute Gasteiger partial charge is 0.328 e. The fourth-order valence-electron chi connectivity index (χ4n) is 6.53. The average Bonchev–Trinajstić information content (AvgIpc) is 3.53. The second-order valence-electron chi connectivity index (χ2n) is 11.1. The van der Waals surface area contributed by atoms with Crippen LogP contribution >= 0.6 is 11.6 Å². The monoisotopic (exact) mass is 590 g/mol. The molecule has 216 valence electrons. The SMILES string of the molecule is Clc1ccc2c(ccc3c4c(ccc32)CC(c2ccc3ccccc3c2CC2CNC=N2)CC4)c1.O=C(O)/C=C/C(=O)O. The molecule has 1 heterocycles. The minimum absolute atomic E-state index is 0.321. The maximum atomic E-state index is 9.55. The molecule has 0 bridgehead atoms. The first kappa shape index (κ1) is 28.4. The van der Waals surface area contributed by atoms with Crippen LogP contribution in [0.15, 0.2) is 96.0 Å². The number of carboxylic acids is 2. The van der Waals surface area contributed by atoms with Crippen molar-refractivity contribution in [1.29, 1.82) is 0 Å². The molecule has 2 atom stereocenters. The minimum Gasteiger partial charge on any atom is -0.478 e. The van der Waals surface area contributed by atoms with Crippen molar-refractivity contribution in [2.45, 2.75) is 37.6 Å². The summed E-state index contributed by atoms with van der Waals surface area (Å²) < 4.78 is 0. The number of hydrogen-bond donors (Lipinski definition) is 3. The van der Waals surface area contributed by atoms with Crippen molar-refractivity contribution in [2.24, 2.45) is 4.99 Å². The quantitative estimate of drug-likeness (QED) is 0.147. The van der Waals surface area contributed by atoms with E-state index in [-0.39, 0.29) is 0 Å². The highest BCUT2D eigenvalue weighted by atomic mass is 35.5. The van der Waals surface area contributed by atoms with E-state index in [0.29, 0.717) is 24.1 Å². The summed E-state index contributed by atoms with van der Waals surface area (Å²) in [4.78, 5) is 23.8. The Labute approximate surface area is 254 Å². The van der Waals surface area contributed by atoms with Crippen LogP contribution in [-0.2, 0) is 28.9 Å². The molecule has 0 saturated heterocycles. The summed E-state index contributed by atoms with van der Waals surface area (Å²) in [5, 5.41) is 27.7. The van der Waals surface area contributed by atoms with Crippen LogP contribution in [0.25, 0.3) is 32.3 Å². The number of nitrogens with zero attached hydrogens (tertiary/aromatic N) is 1. The summed E-state index contributed by atoms with van der Waals surface area (Å²) in [6.07, 6.45) is 7.38. The lowest BCUT2D eigenvalue weighted by Crippen LogP contribution is -2.20. The Morgan fingerprint density at radius 2 is 1.60 bits per heavy atom. The van der Waals surface area contributed by atoms with E-state index >= 15 is 0 Å². The Kier molecular flexibility index (Phi) is 8.12. The number of benzene rings is 5. The van der Waals surface area contributed by atoms with E-state index in [0.717, 1.165) is 30.8 Å². The number of fused-ring (bicyclic) bond motifs is 6. The molecule has 0 amide bonds. The van der Waals surface area contributed by atoms with Gasteiger partial charge in [0.05, 0.1) is 12.4 Å². The Hall–Kier alpha value is -4.68. The highest BCUT2D eigenvalue weighted by Gasteiger charge is 2.26. The van der Waals surface area contributed by atoms with Gasteiger partial charge in [-0.05, 0) is 98.3 Å². The lowest BCUT2D eigenvalue weighted by molar-refractivity contribution is -0.134. The van der Waals surface area contributed by atoms with E-state index in [4.69, 9.17) is 21.8 Å². The van der Waals surface area contributed by atoms with Crippen molar-refractivity contribution in [1.82, 2.24) is 5.32 Å². The summed E-state index contributed by atoms with van der Waals surface area (Å²) in [5.41, 5.74) is 6.04. The third-order valence-corrected chi connectivity index (χ3v) is 8.69. The number of halogens is 1. The summed E-state index contributed by atoms with van der Waals surface area (Å²) in [6, 6.07) is 29.4. The average molecular weight is 591 g/mol. The molecule has 43 heavy (non-hydrogen) atoms. The molecule has 7 heteroatoms. The standard InChI is InChI=1S/C32H27ClN2.C4H4O4/c33-24-9-14-28-23(16-24)8-13-30-27-11-6-22(15-21(27)7-12-31(28)30)29-10-5-20-3-1-2-4-26(20)32(29)17-25-18-34-19-35-25;5-3(6)1-2-4(7)8/h1-5,7-10,12-14,16,19,22,25H,6,11,15,17-18H2,(H,34,35);1-2H,(H,5,6)(H,7,8)/b;2-1+. The highest BCUT2D eigenvalue weighted by Crippen LogP contribution is 2.41. The first-order valence-corrected chi connectivity index (χ1v) is 14.8. The molecule has 2 unspecified atom stereocenters. The van der Waals surface area contributed by atoms with Crippen LogP contribution < -0.4 is 5.32 Å². The summed E-state index contributed by atoms with van der Waals surface area (Å²) in [6.45, 7) is 0.932. The Bertz CT molecular complexity index is 1910. The Morgan fingerprint density at radius 3 is 2.37 bits per heavy atom. The molecule has 0 saturated carbocycles. The van der Waals surface area contributed by atoms with Crippen LogP contribution in [0, 0.1) is 0 Å². The van der Waals surface area contributed by atoms with Crippen LogP contribution in [0.3, 0.4) is 0 Å². The number of aliphatic imine (C=N–C) groups is 1. The molecule has 3 N–H and O–H groups in total. The van der Waals surface area contributed by atoms with Crippen LogP contribution in [0.4, 0.5) is 0 Å². The zero-order valence-electron chi connectivity index (χ0n) is 23.5. The molecule has 0 fully saturated rings. The molecule has 5 aromatic carbocycles. The van der Waals surface area contributed by atoms with Gasteiger partial charge in [0, 0.05) is 23.7 Å². The molecule has 1 aliphatic heterocycles. The predicted octanol–water partition coefficient (Wildman–Crippen LogP) is 7.33. The summed E-state index contributed by atoms with van der Waals surface area (Å²) in [7, 11) is 0. The van der Waals surface area contributed by atoms with E-state index in [1.54, 1.807) is 0 Å². The molecular weight excluding hydrogens is 560 g/mol. The second kappa shape index (κ2) is 12.3. The van der Waals surface area contributed by atoms with Gasteiger partial charge < -0.3 is 15.5 Å². The molecule has 0 spiro atoms. The number of aliphatic carboxylic acids is 2. The van der Waals surface area contributed by atoms with Crippen molar-refractivity contribution < 1.29 is 19.8 Å². The summed E-state index contributed by atoms with van der Waals surface area (Å²) >= 11 is 6.25. The van der Waals surface area contributed by atoms with Gasteiger partial charge in [0.1, 0.15) is 0 Å². The first-order valence-electron chi connectivity index (χ1n) is 14.4. The predicted molar refractivity (Wildman–Crippen MR) is 174 cm³/mol. The lowest BCUT2D eigenvalue weighted by atomic mass is 9.76. The third-order valence-electron chi connectivity index (χ3n) is 8.45. The number of carbonyl (C=O) groups is 2. The van der Waals surface area contributed by atoms with Gasteiger partial charge in [0.15, 0.2) is 0 Å². The van der Waals surface area contributed by atoms with E-state index in [2.05, 4.69) is 83.1 Å². The van der Waals surface area contributed by atoms with Crippen LogP contribution in [-0.4, -0.2) is 41.1 Å². The van der Waals surface area contributed by atoms with E-state index < -0.39 is 11.9 Å². The van der Waals surface area contributed by atoms with Crippen molar-refractivity contribution >= 4 is 62.2 Å². The van der Waals surface area contributed by atoms with Crippen LogP contribution in [0.1, 0.15) is 34.6 Å². The van der Waals surface area contributed by atoms with Gasteiger partial charge in [0.2, 0.25) is 0 Å². The number of carboxylic acid groups (broad SMARTS) is 2. The molecule has 6 nitrogen and oxygen atoms in total. The molecule has 7 rings (SSSR count). The first-order chi connectivity index (χ1) is 20.9. The molecule has 2 aliphatic rings. The zero-order valence-corrected chi connectivity index (χ0v) is 24.2. The van der Waals surface area contributed by atoms with Gasteiger partial charge in [-0.2, -0.15) is 0 Å². The number of nitrogens with one attached hydrogen (secondary N) is 1. The molecule has 1 aliphatic carbocycles. The highest BCUT2D eigenvalue weighted by molar-refractivity contribution is 6.31. The van der Waals surface area contributed by atoms with Gasteiger partial charge in [-0.3, -0.25) is 4.99 Å². The normalized spacial score (nSPS) is 17.5. The fourth-order valence-corrected chi connectivity index (χ4v) is 6.71. The van der Waals surface area contributed by atoms with E-state index in [1.807, 2.05) is 12.4 Å². The van der Waals surface area contributed by atoms with Crippen molar-refractivity contribution in [3.05, 3.63) is 118 Å². The Balaban J connectivity index is 0.000000365. The molecular formula is C36H31ClN2O4.